The van der Waals surface area contributed by atoms with Gasteiger partial charge in [0.05, 0.1) is 11.3 Å². The van der Waals surface area contributed by atoms with Gasteiger partial charge in [0.1, 0.15) is 5.65 Å². The number of carboxylic acid groups (broad SMARTS) is 1. The van der Waals surface area contributed by atoms with Crippen LogP contribution < -0.4 is 0 Å². The van der Waals surface area contributed by atoms with E-state index in [1.807, 2.05) is 30.5 Å². The van der Waals surface area contributed by atoms with Crippen LogP contribution >= 0.6 is 0 Å². The Morgan fingerprint density at radius 2 is 1.94 bits per heavy atom. The lowest BCUT2D eigenvalue weighted by atomic mass is 10.2. The van der Waals surface area contributed by atoms with Gasteiger partial charge in [-0.15, -0.1) is 0 Å². The van der Waals surface area contributed by atoms with Crippen molar-refractivity contribution in [2.45, 2.75) is 0 Å². The molecule has 4 nitrogen and oxygen atoms in total. The summed E-state index contributed by atoms with van der Waals surface area (Å²) in [5.74, 6) is -0.941. The number of carboxylic acids is 1. The zero-order valence-electron chi connectivity index (χ0n) is 9.45. The van der Waals surface area contributed by atoms with Crippen LogP contribution in [0, 0.1) is 0 Å². The van der Waals surface area contributed by atoms with Crippen molar-refractivity contribution in [3.8, 4) is 5.69 Å². The second-order valence-electron chi connectivity index (χ2n) is 3.92. The van der Waals surface area contributed by atoms with Crippen molar-refractivity contribution < 1.29 is 9.90 Å². The molecule has 0 amide bonds. The fraction of sp³-hybridized carbons (Fsp3) is 0. The lowest BCUT2D eigenvalue weighted by Crippen LogP contribution is -2.04. The van der Waals surface area contributed by atoms with Crippen molar-refractivity contribution in [1.82, 2.24) is 9.55 Å². The summed E-state index contributed by atoms with van der Waals surface area (Å²) in [6, 6.07) is 12.6. The predicted molar refractivity (Wildman–Crippen MR) is 68.0 cm³/mol. The van der Waals surface area contributed by atoms with Gasteiger partial charge in [-0.05, 0) is 30.3 Å². The second kappa shape index (κ2) is 4.00. The Bertz CT molecular complexity index is 731. The van der Waals surface area contributed by atoms with Crippen LogP contribution in [0.4, 0.5) is 0 Å². The van der Waals surface area contributed by atoms with E-state index in [1.54, 1.807) is 29.0 Å². The topological polar surface area (TPSA) is 55.1 Å². The van der Waals surface area contributed by atoms with Gasteiger partial charge >= 0.3 is 5.97 Å². The van der Waals surface area contributed by atoms with E-state index in [9.17, 15) is 9.90 Å². The first-order chi connectivity index (χ1) is 8.77. The molecule has 0 unspecified atom stereocenters. The molecule has 0 aliphatic heterocycles. The summed E-state index contributed by atoms with van der Waals surface area (Å²) in [6.45, 7) is 0. The van der Waals surface area contributed by atoms with Crippen molar-refractivity contribution in [3.63, 3.8) is 0 Å². The molecule has 0 atom stereocenters. The average molecular weight is 238 g/mol. The van der Waals surface area contributed by atoms with Crippen LogP contribution in [0.1, 0.15) is 10.4 Å². The van der Waals surface area contributed by atoms with Crippen LogP contribution in [0.5, 0.6) is 0 Å². The number of aromatic nitrogens is 2. The lowest BCUT2D eigenvalue weighted by molar-refractivity contribution is 0.0697. The van der Waals surface area contributed by atoms with Gasteiger partial charge in [-0.2, -0.15) is 0 Å². The molecule has 2 aromatic heterocycles. The maximum Gasteiger partial charge on any atom is 0.337 e. The second-order valence-corrected chi connectivity index (χ2v) is 3.92. The van der Waals surface area contributed by atoms with Gasteiger partial charge < -0.3 is 9.67 Å². The molecule has 1 N–H and O–H groups in total. The monoisotopic (exact) mass is 238 g/mol. The van der Waals surface area contributed by atoms with Gasteiger partial charge in [0.2, 0.25) is 0 Å². The third-order valence-corrected chi connectivity index (χ3v) is 2.84. The molecule has 3 rings (SSSR count). The predicted octanol–water partition coefficient (Wildman–Crippen LogP) is 2.72. The lowest BCUT2D eigenvalue weighted by Gasteiger charge is -2.07. The van der Waals surface area contributed by atoms with E-state index >= 15 is 0 Å². The summed E-state index contributed by atoms with van der Waals surface area (Å²) >= 11 is 0. The molecule has 0 saturated carbocycles. The number of nitrogens with zero attached hydrogens (tertiary/aromatic N) is 2. The first-order valence-corrected chi connectivity index (χ1v) is 5.52. The first-order valence-electron chi connectivity index (χ1n) is 5.52. The molecule has 18 heavy (non-hydrogen) atoms. The van der Waals surface area contributed by atoms with E-state index in [1.165, 1.54) is 0 Å². The van der Waals surface area contributed by atoms with Crippen LogP contribution in [-0.2, 0) is 0 Å². The van der Waals surface area contributed by atoms with Crippen LogP contribution in [0.3, 0.4) is 0 Å². The zero-order valence-corrected chi connectivity index (χ0v) is 9.45. The van der Waals surface area contributed by atoms with E-state index in [0.717, 1.165) is 11.0 Å². The maximum atomic E-state index is 11.2. The van der Waals surface area contributed by atoms with Crippen LogP contribution in [0.15, 0.2) is 54.9 Å². The molecule has 4 heteroatoms. The van der Waals surface area contributed by atoms with Crippen molar-refractivity contribution in [2.75, 3.05) is 0 Å². The number of hydrogen-bond donors (Lipinski definition) is 1. The van der Waals surface area contributed by atoms with E-state index < -0.39 is 5.97 Å². The number of para-hydroxylation sites is 1. The third kappa shape index (κ3) is 1.55. The molecule has 0 aliphatic rings. The highest BCUT2D eigenvalue weighted by Crippen LogP contribution is 2.21. The third-order valence-electron chi connectivity index (χ3n) is 2.84. The Balaban J connectivity index is 2.30. The minimum atomic E-state index is -0.941. The quantitative estimate of drug-likeness (QED) is 0.746. The fourth-order valence-electron chi connectivity index (χ4n) is 2.03. The summed E-state index contributed by atoms with van der Waals surface area (Å²) in [4.78, 5) is 15.5. The Morgan fingerprint density at radius 1 is 1.11 bits per heavy atom. The number of aromatic carboxylic acids is 1. The minimum absolute atomic E-state index is 0.264. The number of rotatable bonds is 2. The number of fused-ring (bicyclic) bond motifs is 1. The summed E-state index contributed by atoms with van der Waals surface area (Å²) in [5.41, 5.74) is 1.64. The highest BCUT2D eigenvalue weighted by molar-refractivity contribution is 5.93. The molecule has 1 aromatic carbocycles. The molecular formula is C14H10N2O2. The molecule has 2 heterocycles. The fourth-order valence-corrected chi connectivity index (χ4v) is 2.03. The number of benzene rings is 1. The van der Waals surface area contributed by atoms with Crippen molar-refractivity contribution in [3.05, 3.63) is 60.4 Å². The van der Waals surface area contributed by atoms with Gasteiger partial charge in [0, 0.05) is 17.8 Å². The van der Waals surface area contributed by atoms with Crippen molar-refractivity contribution in [2.24, 2.45) is 0 Å². The average Bonchev–Trinajstić information content (AvgIpc) is 2.82. The van der Waals surface area contributed by atoms with E-state index in [-0.39, 0.29) is 5.56 Å². The summed E-state index contributed by atoms with van der Waals surface area (Å²) in [5, 5.41) is 10.2. The number of hydrogen-bond acceptors (Lipinski definition) is 2. The highest BCUT2D eigenvalue weighted by Gasteiger charge is 2.12. The van der Waals surface area contributed by atoms with Gasteiger partial charge in [0.15, 0.2) is 0 Å². The molecule has 0 saturated heterocycles. The maximum absolute atomic E-state index is 11.2. The molecular weight excluding hydrogens is 228 g/mol. The van der Waals surface area contributed by atoms with Crippen LogP contribution in [0.25, 0.3) is 16.7 Å². The standard InChI is InChI=1S/C14H10N2O2/c17-14(18)11-5-1-2-6-12(11)16-9-7-10-4-3-8-15-13(10)16/h1-9H,(H,17,18). The van der Waals surface area contributed by atoms with Crippen molar-refractivity contribution in [1.29, 1.82) is 0 Å². The van der Waals surface area contributed by atoms with Gasteiger partial charge in [-0.25, -0.2) is 9.78 Å². The minimum Gasteiger partial charge on any atom is -0.478 e. The van der Waals surface area contributed by atoms with E-state index in [2.05, 4.69) is 4.98 Å². The first kappa shape index (κ1) is 10.5. The summed E-state index contributed by atoms with van der Waals surface area (Å²) in [7, 11) is 0. The highest BCUT2D eigenvalue weighted by atomic mass is 16.4. The summed E-state index contributed by atoms with van der Waals surface area (Å²) < 4.78 is 1.79. The Labute approximate surface area is 103 Å². The Kier molecular flexibility index (Phi) is 2.34. The SMILES string of the molecule is O=C(O)c1ccccc1-n1ccc2cccnc21. The van der Waals surface area contributed by atoms with E-state index in [0.29, 0.717) is 5.69 Å². The zero-order chi connectivity index (χ0) is 12.5. The van der Waals surface area contributed by atoms with Crippen LogP contribution in [0.2, 0.25) is 0 Å². The van der Waals surface area contributed by atoms with Gasteiger partial charge in [-0.1, -0.05) is 12.1 Å². The normalized spacial score (nSPS) is 10.7. The molecule has 3 aromatic rings. The van der Waals surface area contributed by atoms with Gasteiger partial charge in [-0.3, -0.25) is 0 Å². The molecule has 0 radical (unpaired) electrons. The molecule has 0 aliphatic carbocycles. The Morgan fingerprint density at radius 3 is 2.78 bits per heavy atom. The molecule has 0 spiro atoms. The number of pyridine rings is 1. The van der Waals surface area contributed by atoms with Gasteiger partial charge in [0.25, 0.3) is 0 Å². The largest absolute Gasteiger partial charge is 0.478 e. The van der Waals surface area contributed by atoms with E-state index in [4.69, 9.17) is 0 Å². The molecule has 0 fully saturated rings. The summed E-state index contributed by atoms with van der Waals surface area (Å²) in [6.07, 6.45) is 3.53. The molecule has 0 bridgehead atoms. The number of carbonyl (C=O) groups is 1. The molecule has 88 valence electrons. The Hall–Kier alpha value is -2.62. The van der Waals surface area contributed by atoms with Crippen molar-refractivity contribution >= 4 is 17.0 Å². The van der Waals surface area contributed by atoms with Crippen LogP contribution in [-0.4, -0.2) is 20.6 Å². The smallest absolute Gasteiger partial charge is 0.337 e.